The van der Waals surface area contributed by atoms with Gasteiger partial charge < -0.3 is 5.73 Å². The van der Waals surface area contributed by atoms with E-state index in [-0.39, 0.29) is 17.2 Å². The van der Waals surface area contributed by atoms with E-state index in [2.05, 4.69) is 15.0 Å². The molecule has 96 valence electrons. The summed E-state index contributed by atoms with van der Waals surface area (Å²) in [4.78, 5) is 12.1. The first-order valence-electron chi connectivity index (χ1n) is 5.22. The number of rotatable bonds is 2. The SMILES string of the molecule is CC(c1nc(N)nc(C(C)(C)C)n1)S(C)(=O)=O. The summed E-state index contributed by atoms with van der Waals surface area (Å²) >= 11 is 0. The number of aromatic nitrogens is 3. The average molecular weight is 258 g/mol. The molecule has 0 fully saturated rings. The Balaban J connectivity index is 3.33. The molecule has 0 radical (unpaired) electrons. The monoisotopic (exact) mass is 258 g/mol. The molecule has 0 aliphatic rings. The van der Waals surface area contributed by atoms with Crippen LogP contribution in [-0.4, -0.2) is 29.6 Å². The van der Waals surface area contributed by atoms with Crippen molar-refractivity contribution in [3.05, 3.63) is 11.6 Å². The van der Waals surface area contributed by atoms with Gasteiger partial charge in [0.15, 0.2) is 15.7 Å². The maximum atomic E-state index is 11.5. The van der Waals surface area contributed by atoms with E-state index in [9.17, 15) is 8.42 Å². The molecule has 1 heterocycles. The van der Waals surface area contributed by atoms with Gasteiger partial charge in [-0.25, -0.2) is 13.4 Å². The summed E-state index contributed by atoms with van der Waals surface area (Å²) < 4.78 is 22.9. The van der Waals surface area contributed by atoms with Crippen LogP contribution in [0.1, 0.15) is 44.6 Å². The van der Waals surface area contributed by atoms with E-state index in [1.165, 1.54) is 6.92 Å². The second kappa shape index (κ2) is 4.21. The zero-order chi connectivity index (χ0) is 13.4. The van der Waals surface area contributed by atoms with Gasteiger partial charge in [0.2, 0.25) is 5.95 Å². The molecule has 0 amide bonds. The lowest BCUT2D eigenvalue weighted by molar-refractivity contribution is 0.534. The van der Waals surface area contributed by atoms with Crippen molar-refractivity contribution >= 4 is 15.8 Å². The maximum absolute atomic E-state index is 11.5. The minimum Gasteiger partial charge on any atom is -0.368 e. The number of sulfone groups is 1. The van der Waals surface area contributed by atoms with Crippen LogP contribution in [0.4, 0.5) is 5.95 Å². The first kappa shape index (κ1) is 13.8. The molecule has 0 saturated heterocycles. The lowest BCUT2D eigenvalue weighted by Gasteiger charge is -2.18. The van der Waals surface area contributed by atoms with Gasteiger partial charge in [0, 0.05) is 11.7 Å². The Labute approximate surface area is 102 Å². The highest BCUT2D eigenvalue weighted by molar-refractivity contribution is 7.90. The van der Waals surface area contributed by atoms with Crippen LogP contribution in [0.3, 0.4) is 0 Å². The van der Waals surface area contributed by atoms with E-state index in [0.29, 0.717) is 5.82 Å². The molecule has 1 rings (SSSR count). The second-order valence-electron chi connectivity index (χ2n) is 5.10. The maximum Gasteiger partial charge on any atom is 0.223 e. The molecule has 1 aromatic heterocycles. The van der Waals surface area contributed by atoms with Gasteiger partial charge in [-0.15, -0.1) is 0 Å². The molecule has 2 N–H and O–H groups in total. The van der Waals surface area contributed by atoms with Gasteiger partial charge >= 0.3 is 0 Å². The van der Waals surface area contributed by atoms with E-state index in [4.69, 9.17) is 5.73 Å². The van der Waals surface area contributed by atoms with E-state index in [0.717, 1.165) is 6.26 Å². The van der Waals surface area contributed by atoms with Crippen molar-refractivity contribution in [3.8, 4) is 0 Å². The predicted molar refractivity (Wildman–Crippen MR) is 66.2 cm³/mol. The van der Waals surface area contributed by atoms with Gasteiger partial charge in [0.05, 0.1) is 0 Å². The molecule has 1 unspecified atom stereocenters. The second-order valence-corrected chi connectivity index (χ2v) is 7.46. The zero-order valence-electron chi connectivity index (χ0n) is 10.7. The van der Waals surface area contributed by atoms with Crippen molar-refractivity contribution in [1.82, 2.24) is 15.0 Å². The number of nitrogens with zero attached hydrogens (tertiary/aromatic N) is 3. The van der Waals surface area contributed by atoms with Gasteiger partial charge in [0.1, 0.15) is 11.1 Å². The number of anilines is 1. The van der Waals surface area contributed by atoms with Gasteiger partial charge in [-0.3, -0.25) is 0 Å². The highest BCUT2D eigenvalue weighted by Crippen LogP contribution is 2.22. The third-order valence-corrected chi connectivity index (χ3v) is 3.84. The smallest absolute Gasteiger partial charge is 0.223 e. The fourth-order valence-corrected chi connectivity index (χ4v) is 1.61. The molecule has 1 atom stereocenters. The van der Waals surface area contributed by atoms with Crippen LogP contribution < -0.4 is 5.73 Å². The van der Waals surface area contributed by atoms with Gasteiger partial charge in [0.25, 0.3) is 0 Å². The molecule has 1 aromatic rings. The topological polar surface area (TPSA) is 98.8 Å². The summed E-state index contributed by atoms with van der Waals surface area (Å²) in [6.07, 6.45) is 1.15. The summed E-state index contributed by atoms with van der Waals surface area (Å²) in [6.45, 7) is 7.32. The molecule has 6 nitrogen and oxygen atoms in total. The highest BCUT2D eigenvalue weighted by atomic mass is 32.2. The molecule has 7 heteroatoms. The van der Waals surface area contributed by atoms with Crippen LogP contribution in [0.5, 0.6) is 0 Å². The van der Waals surface area contributed by atoms with E-state index in [1.807, 2.05) is 20.8 Å². The Kier molecular flexibility index (Phi) is 3.42. The van der Waals surface area contributed by atoms with Crippen LogP contribution in [0.15, 0.2) is 0 Å². The first-order chi connectivity index (χ1) is 7.51. The molecule has 0 aliphatic carbocycles. The Bertz CT molecular complexity index is 520. The van der Waals surface area contributed by atoms with E-state index >= 15 is 0 Å². The normalized spacial score (nSPS) is 14.6. The molecular formula is C10H18N4O2S. The highest BCUT2D eigenvalue weighted by Gasteiger charge is 2.25. The summed E-state index contributed by atoms with van der Waals surface area (Å²) in [7, 11) is -3.24. The molecule has 0 spiro atoms. The third-order valence-electron chi connectivity index (χ3n) is 2.35. The Hall–Kier alpha value is -1.24. The predicted octanol–water partition coefficient (Wildman–Crippen LogP) is 0.857. The number of hydrogen-bond donors (Lipinski definition) is 1. The fourth-order valence-electron chi connectivity index (χ4n) is 1.12. The largest absolute Gasteiger partial charge is 0.368 e. The van der Waals surface area contributed by atoms with Crippen LogP contribution >= 0.6 is 0 Å². The Morgan fingerprint density at radius 3 is 2.12 bits per heavy atom. The van der Waals surface area contributed by atoms with Crippen LogP contribution in [0, 0.1) is 0 Å². The van der Waals surface area contributed by atoms with Crippen molar-refractivity contribution < 1.29 is 8.42 Å². The van der Waals surface area contributed by atoms with E-state index in [1.54, 1.807) is 0 Å². The molecule has 17 heavy (non-hydrogen) atoms. The molecule has 0 saturated carbocycles. The van der Waals surface area contributed by atoms with Crippen molar-refractivity contribution in [2.24, 2.45) is 0 Å². The summed E-state index contributed by atoms with van der Waals surface area (Å²) in [5.74, 6) is 0.746. The molecule has 0 aromatic carbocycles. The van der Waals surface area contributed by atoms with E-state index < -0.39 is 15.1 Å². The van der Waals surface area contributed by atoms with Crippen LogP contribution in [0.25, 0.3) is 0 Å². The summed E-state index contributed by atoms with van der Waals surface area (Å²) in [5.41, 5.74) is 5.28. The van der Waals surface area contributed by atoms with Crippen molar-refractivity contribution in [3.63, 3.8) is 0 Å². The number of hydrogen-bond acceptors (Lipinski definition) is 6. The summed E-state index contributed by atoms with van der Waals surface area (Å²) in [5, 5.41) is -0.783. The number of nitrogen functional groups attached to an aromatic ring is 1. The fraction of sp³-hybridized carbons (Fsp3) is 0.700. The quantitative estimate of drug-likeness (QED) is 0.844. The lowest BCUT2D eigenvalue weighted by Crippen LogP contribution is -2.21. The minimum atomic E-state index is -3.24. The molecular weight excluding hydrogens is 240 g/mol. The molecule has 0 bridgehead atoms. The third kappa shape index (κ3) is 3.36. The standard InChI is InChI=1S/C10H18N4O2S/c1-6(17(5,15)16)7-12-8(10(2,3)4)14-9(11)13-7/h6H,1-5H3,(H2,11,12,13,14). The average Bonchev–Trinajstić information content (AvgIpc) is 2.12. The van der Waals surface area contributed by atoms with Gasteiger partial charge in [-0.1, -0.05) is 20.8 Å². The Morgan fingerprint density at radius 1 is 1.18 bits per heavy atom. The van der Waals surface area contributed by atoms with Crippen molar-refractivity contribution in [2.75, 3.05) is 12.0 Å². The number of nitrogens with two attached hydrogens (primary N) is 1. The van der Waals surface area contributed by atoms with Crippen molar-refractivity contribution in [2.45, 2.75) is 38.4 Å². The van der Waals surface area contributed by atoms with Crippen molar-refractivity contribution in [1.29, 1.82) is 0 Å². The zero-order valence-corrected chi connectivity index (χ0v) is 11.5. The van der Waals surface area contributed by atoms with Crippen LogP contribution in [0.2, 0.25) is 0 Å². The molecule has 0 aliphatic heterocycles. The van der Waals surface area contributed by atoms with Gasteiger partial charge in [-0.2, -0.15) is 9.97 Å². The minimum absolute atomic E-state index is 0.0513. The van der Waals surface area contributed by atoms with Crippen LogP contribution in [-0.2, 0) is 15.3 Å². The summed E-state index contributed by atoms with van der Waals surface area (Å²) in [6, 6.07) is 0. The lowest BCUT2D eigenvalue weighted by atomic mass is 9.96. The Morgan fingerprint density at radius 2 is 1.71 bits per heavy atom. The first-order valence-corrected chi connectivity index (χ1v) is 7.18. The van der Waals surface area contributed by atoms with Gasteiger partial charge in [-0.05, 0) is 6.92 Å².